The number of pyridine rings is 1. The van der Waals surface area contributed by atoms with Gasteiger partial charge in [-0.2, -0.15) is 0 Å². The summed E-state index contributed by atoms with van der Waals surface area (Å²) < 4.78 is 0. The molecule has 1 amide bonds. The minimum atomic E-state index is -0.565. The van der Waals surface area contributed by atoms with Gasteiger partial charge in [0.25, 0.3) is 0 Å². The molecule has 0 fully saturated rings. The molecule has 1 aromatic carbocycles. The Morgan fingerprint density at radius 1 is 1.06 bits per heavy atom. The zero-order valence-electron chi connectivity index (χ0n) is 10.6. The molecule has 0 bridgehead atoms. The summed E-state index contributed by atoms with van der Waals surface area (Å²) in [6.07, 6.45) is 3.32. The zero-order valence-corrected chi connectivity index (χ0v) is 10.6. The molecular weight excluding hydrogens is 224 g/mol. The molecule has 0 aliphatic heterocycles. The number of carbonyl (C=O) groups excluding carboxylic acids is 1. The second kappa shape index (κ2) is 5.00. The average molecular weight is 240 g/mol. The molecule has 2 aromatic rings. The van der Waals surface area contributed by atoms with Crippen molar-refractivity contribution in [2.45, 2.75) is 19.3 Å². The van der Waals surface area contributed by atoms with Crippen LogP contribution in [-0.4, -0.2) is 10.9 Å². The van der Waals surface area contributed by atoms with Gasteiger partial charge in [0, 0.05) is 18.1 Å². The highest BCUT2D eigenvalue weighted by atomic mass is 16.2. The molecule has 0 spiro atoms. The smallest absolute Gasteiger partial charge is 0.234 e. The minimum Gasteiger partial charge on any atom is -0.325 e. The number of anilines is 1. The molecular formula is C15H16N2O. The first kappa shape index (κ1) is 12.3. The quantitative estimate of drug-likeness (QED) is 0.896. The SMILES string of the molecule is CC(C)(C(=O)Nc1ccncc1)c1ccccc1. The first-order valence-electron chi connectivity index (χ1n) is 5.88. The number of hydrogen-bond acceptors (Lipinski definition) is 2. The van der Waals surface area contributed by atoms with E-state index in [1.807, 2.05) is 44.2 Å². The van der Waals surface area contributed by atoms with E-state index in [0.29, 0.717) is 0 Å². The molecule has 0 radical (unpaired) electrons. The van der Waals surface area contributed by atoms with Crippen LogP contribution < -0.4 is 5.32 Å². The highest BCUT2D eigenvalue weighted by molar-refractivity contribution is 5.98. The molecule has 0 unspecified atom stereocenters. The van der Waals surface area contributed by atoms with E-state index >= 15 is 0 Å². The van der Waals surface area contributed by atoms with Gasteiger partial charge in [-0.05, 0) is 31.5 Å². The van der Waals surface area contributed by atoms with Crippen LogP contribution in [0.2, 0.25) is 0 Å². The van der Waals surface area contributed by atoms with E-state index in [1.54, 1.807) is 24.5 Å². The third-order valence-corrected chi connectivity index (χ3v) is 3.00. The Morgan fingerprint density at radius 3 is 2.28 bits per heavy atom. The Bertz CT molecular complexity index is 521. The van der Waals surface area contributed by atoms with Crippen molar-refractivity contribution >= 4 is 11.6 Å². The van der Waals surface area contributed by atoms with Gasteiger partial charge in [-0.3, -0.25) is 9.78 Å². The molecule has 0 aliphatic carbocycles. The van der Waals surface area contributed by atoms with Crippen molar-refractivity contribution < 1.29 is 4.79 Å². The van der Waals surface area contributed by atoms with E-state index in [9.17, 15) is 4.79 Å². The Labute approximate surface area is 107 Å². The fraction of sp³-hybridized carbons (Fsp3) is 0.200. The maximum absolute atomic E-state index is 12.3. The lowest BCUT2D eigenvalue weighted by Gasteiger charge is -2.24. The Kier molecular flexibility index (Phi) is 3.42. The van der Waals surface area contributed by atoms with Crippen LogP contribution in [0, 0.1) is 0 Å². The number of rotatable bonds is 3. The summed E-state index contributed by atoms with van der Waals surface area (Å²) in [5, 5.41) is 2.90. The highest BCUT2D eigenvalue weighted by Gasteiger charge is 2.29. The van der Waals surface area contributed by atoms with Crippen molar-refractivity contribution in [1.29, 1.82) is 0 Å². The third-order valence-electron chi connectivity index (χ3n) is 3.00. The third kappa shape index (κ3) is 2.56. The molecule has 1 heterocycles. The van der Waals surface area contributed by atoms with Crippen molar-refractivity contribution in [1.82, 2.24) is 4.98 Å². The number of carbonyl (C=O) groups is 1. The van der Waals surface area contributed by atoms with E-state index in [0.717, 1.165) is 11.3 Å². The van der Waals surface area contributed by atoms with Gasteiger partial charge in [0.2, 0.25) is 5.91 Å². The monoisotopic (exact) mass is 240 g/mol. The minimum absolute atomic E-state index is 0.0279. The van der Waals surface area contributed by atoms with Crippen molar-refractivity contribution in [3.63, 3.8) is 0 Å². The van der Waals surface area contributed by atoms with Gasteiger partial charge in [-0.25, -0.2) is 0 Å². The van der Waals surface area contributed by atoms with Gasteiger partial charge in [0.05, 0.1) is 5.41 Å². The topological polar surface area (TPSA) is 42.0 Å². The lowest BCUT2D eigenvalue weighted by atomic mass is 9.83. The zero-order chi connectivity index (χ0) is 13.0. The number of aromatic nitrogens is 1. The van der Waals surface area contributed by atoms with E-state index in [4.69, 9.17) is 0 Å². The van der Waals surface area contributed by atoms with Crippen LogP contribution in [-0.2, 0) is 10.2 Å². The molecule has 1 aromatic heterocycles. The van der Waals surface area contributed by atoms with Gasteiger partial charge < -0.3 is 5.32 Å². The van der Waals surface area contributed by atoms with Crippen LogP contribution in [0.1, 0.15) is 19.4 Å². The number of benzene rings is 1. The Hall–Kier alpha value is -2.16. The van der Waals surface area contributed by atoms with E-state index < -0.39 is 5.41 Å². The summed E-state index contributed by atoms with van der Waals surface area (Å²) in [5.74, 6) is -0.0279. The number of hydrogen-bond donors (Lipinski definition) is 1. The van der Waals surface area contributed by atoms with Crippen LogP contribution in [0.4, 0.5) is 5.69 Å². The summed E-state index contributed by atoms with van der Waals surface area (Å²) >= 11 is 0. The summed E-state index contributed by atoms with van der Waals surface area (Å²) in [4.78, 5) is 16.2. The normalized spacial score (nSPS) is 11.0. The van der Waals surface area contributed by atoms with Crippen LogP contribution in [0.15, 0.2) is 54.9 Å². The molecule has 0 atom stereocenters. The standard InChI is InChI=1S/C15H16N2O/c1-15(2,12-6-4-3-5-7-12)14(18)17-13-8-10-16-11-9-13/h3-11H,1-2H3,(H,16,17,18). The first-order chi connectivity index (χ1) is 8.60. The van der Waals surface area contributed by atoms with Gasteiger partial charge >= 0.3 is 0 Å². The number of nitrogens with zero attached hydrogens (tertiary/aromatic N) is 1. The van der Waals surface area contributed by atoms with E-state index in [-0.39, 0.29) is 5.91 Å². The maximum atomic E-state index is 12.3. The lowest BCUT2D eigenvalue weighted by Crippen LogP contribution is -2.34. The second-order valence-corrected chi connectivity index (χ2v) is 4.68. The molecule has 0 saturated heterocycles. The molecule has 18 heavy (non-hydrogen) atoms. The van der Waals surface area contributed by atoms with Crippen molar-refractivity contribution in [3.05, 3.63) is 60.4 Å². The molecule has 3 nitrogen and oxygen atoms in total. The maximum Gasteiger partial charge on any atom is 0.234 e. The number of nitrogens with one attached hydrogen (secondary N) is 1. The Balaban J connectivity index is 2.18. The largest absolute Gasteiger partial charge is 0.325 e. The average Bonchev–Trinajstić information content (AvgIpc) is 2.41. The summed E-state index contributed by atoms with van der Waals surface area (Å²) in [7, 11) is 0. The second-order valence-electron chi connectivity index (χ2n) is 4.68. The van der Waals surface area contributed by atoms with E-state index in [2.05, 4.69) is 10.3 Å². The fourth-order valence-electron chi connectivity index (χ4n) is 1.71. The molecule has 1 N–H and O–H groups in total. The molecule has 0 saturated carbocycles. The molecule has 2 rings (SSSR count). The van der Waals surface area contributed by atoms with Crippen LogP contribution in [0.5, 0.6) is 0 Å². The van der Waals surface area contributed by atoms with Crippen LogP contribution in [0.25, 0.3) is 0 Å². The highest BCUT2D eigenvalue weighted by Crippen LogP contribution is 2.24. The van der Waals surface area contributed by atoms with Gasteiger partial charge in [0.1, 0.15) is 0 Å². The summed E-state index contributed by atoms with van der Waals surface area (Å²) in [6, 6.07) is 13.3. The van der Waals surface area contributed by atoms with Crippen molar-refractivity contribution in [2.75, 3.05) is 5.32 Å². The molecule has 3 heteroatoms. The van der Waals surface area contributed by atoms with E-state index in [1.165, 1.54) is 0 Å². The predicted octanol–water partition coefficient (Wildman–Crippen LogP) is 3.00. The lowest BCUT2D eigenvalue weighted by molar-refractivity contribution is -0.120. The van der Waals surface area contributed by atoms with Gasteiger partial charge in [-0.15, -0.1) is 0 Å². The summed E-state index contributed by atoms with van der Waals surface area (Å²) in [6.45, 7) is 3.83. The van der Waals surface area contributed by atoms with Crippen molar-refractivity contribution in [3.8, 4) is 0 Å². The predicted molar refractivity (Wildman–Crippen MR) is 72.3 cm³/mol. The molecule has 0 aliphatic rings. The molecule has 92 valence electrons. The fourth-order valence-corrected chi connectivity index (χ4v) is 1.71. The van der Waals surface area contributed by atoms with Gasteiger partial charge in [-0.1, -0.05) is 30.3 Å². The van der Waals surface area contributed by atoms with Crippen LogP contribution >= 0.6 is 0 Å². The van der Waals surface area contributed by atoms with Crippen molar-refractivity contribution in [2.24, 2.45) is 0 Å². The van der Waals surface area contributed by atoms with Gasteiger partial charge in [0.15, 0.2) is 0 Å². The Morgan fingerprint density at radius 2 is 1.67 bits per heavy atom. The number of amides is 1. The van der Waals surface area contributed by atoms with Crippen LogP contribution in [0.3, 0.4) is 0 Å². The first-order valence-corrected chi connectivity index (χ1v) is 5.88. The summed E-state index contributed by atoms with van der Waals surface area (Å²) in [5.41, 5.74) is 1.19.